The predicted octanol–water partition coefficient (Wildman–Crippen LogP) is 4.73. The molecular formula is C31H43FN6O. The molecule has 3 aromatic rings. The number of likely N-dealkylation sites (N-methyl/N-ethyl adjacent to an activating group) is 1. The number of fused-ring (bicyclic) bond motifs is 2. The number of hydrogen-bond acceptors (Lipinski definition) is 7. The monoisotopic (exact) mass is 534 g/mol. The molecule has 2 aliphatic heterocycles. The van der Waals surface area contributed by atoms with Gasteiger partial charge in [-0.3, -0.25) is 4.90 Å². The van der Waals surface area contributed by atoms with Crippen molar-refractivity contribution in [3.8, 4) is 6.01 Å². The van der Waals surface area contributed by atoms with Crippen LogP contribution in [0.15, 0.2) is 36.4 Å². The Morgan fingerprint density at radius 2 is 2.00 bits per heavy atom. The minimum absolute atomic E-state index is 0.0299. The van der Waals surface area contributed by atoms with Crippen molar-refractivity contribution in [3.63, 3.8) is 0 Å². The van der Waals surface area contributed by atoms with Crippen molar-refractivity contribution in [1.29, 1.82) is 0 Å². The highest BCUT2D eigenvalue weighted by Gasteiger charge is 2.31. The highest BCUT2D eigenvalue weighted by Crippen LogP contribution is 2.35. The number of nitrogens with zero attached hydrogens (tertiary/aromatic N) is 5. The minimum atomic E-state index is -0.806. The van der Waals surface area contributed by atoms with E-state index in [1.807, 2.05) is 11.9 Å². The van der Waals surface area contributed by atoms with Crippen LogP contribution in [-0.4, -0.2) is 73.5 Å². The third-order valence-electron chi connectivity index (χ3n) is 8.22. The topological polar surface area (TPSA) is 70.7 Å². The van der Waals surface area contributed by atoms with E-state index in [4.69, 9.17) is 20.4 Å². The van der Waals surface area contributed by atoms with Crippen LogP contribution in [0.5, 0.6) is 6.01 Å². The Labute approximate surface area is 232 Å². The molecule has 0 radical (unpaired) electrons. The SMILES string of the molecule is CCCN(C[C@@H](C)CN)c1nc(OCC2CC(F)CN2C)nc2c1CCN(c1cccc3cccc(C)c13)C2. The molecule has 2 aliphatic rings. The lowest BCUT2D eigenvalue weighted by molar-refractivity contribution is 0.187. The average Bonchev–Trinajstić information content (AvgIpc) is 3.27. The summed E-state index contributed by atoms with van der Waals surface area (Å²) in [7, 11) is 1.95. The van der Waals surface area contributed by atoms with E-state index < -0.39 is 6.17 Å². The summed E-state index contributed by atoms with van der Waals surface area (Å²) in [4.78, 5) is 16.8. The lowest BCUT2D eigenvalue weighted by atomic mass is 9.99. The van der Waals surface area contributed by atoms with Crippen molar-refractivity contribution in [2.24, 2.45) is 11.7 Å². The molecule has 0 amide bonds. The molecule has 3 atom stereocenters. The minimum Gasteiger partial charge on any atom is -0.462 e. The summed E-state index contributed by atoms with van der Waals surface area (Å²) in [5.41, 5.74) is 10.7. The van der Waals surface area contributed by atoms with Gasteiger partial charge < -0.3 is 20.3 Å². The summed E-state index contributed by atoms with van der Waals surface area (Å²) >= 11 is 0. The Kier molecular flexibility index (Phi) is 8.52. The van der Waals surface area contributed by atoms with E-state index >= 15 is 0 Å². The molecule has 1 aromatic heterocycles. The smallest absolute Gasteiger partial charge is 0.318 e. The highest BCUT2D eigenvalue weighted by molar-refractivity contribution is 5.97. The van der Waals surface area contributed by atoms with E-state index in [1.54, 1.807) is 0 Å². The fourth-order valence-corrected chi connectivity index (χ4v) is 6.07. The van der Waals surface area contributed by atoms with Crippen molar-refractivity contribution < 1.29 is 9.13 Å². The molecule has 3 heterocycles. The van der Waals surface area contributed by atoms with Gasteiger partial charge in [-0.1, -0.05) is 44.2 Å². The van der Waals surface area contributed by atoms with Crippen molar-refractivity contribution in [1.82, 2.24) is 14.9 Å². The molecule has 0 bridgehead atoms. The molecule has 39 heavy (non-hydrogen) atoms. The second-order valence-corrected chi connectivity index (χ2v) is 11.4. The summed E-state index contributed by atoms with van der Waals surface area (Å²) in [5.74, 6) is 1.31. The zero-order valence-corrected chi connectivity index (χ0v) is 23.9. The molecular weight excluding hydrogens is 491 g/mol. The van der Waals surface area contributed by atoms with Crippen LogP contribution in [-0.2, 0) is 13.0 Å². The van der Waals surface area contributed by atoms with Gasteiger partial charge in [0.1, 0.15) is 18.6 Å². The molecule has 2 unspecified atom stereocenters. The quantitative estimate of drug-likeness (QED) is 0.403. The lowest BCUT2D eigenvalue weighted by Gasteiger charge is -2.35. The molecule has 210 valence electrons. The second-order valence-electron chi connectivity index (χ2n) is 11.4. The second kappa shape index (κ2) is 12.0. The first-order valence-electron chi connectivity index (χ1n) is 14.4. The molecule has 1 fully saturated rings. The highest BCUT2D eigenvalue weighted by atomic mass is 19.1. The van der Waals surface area contributed by atoms with Gasteiger partial charge in [0.2, 0.25) is 0 Å². The van der Waals surface area contributed by atoms with Gasteiger partial charge in [0.15, 0.2) is 0 Å². The lowest BCUT2D eigenvalue weighted by Crippen LogP contribution is -2.37. The van der Waals surface area contributed by atoms with Crippen LogP contribution in [0.25, 0.3) is 10.8 Å². The van der Waals surface area contributed by atoms with E-state index in [1.165, 1.54) is 27.6 Å². The molecule has 0 spiro atoms. The summed E-state index contributed by atoms with van der Waals surface area (Å²) in [6, 6.07) is 13.4. The van der Waals surface area contributed by atoms with Gasteiger partial charge in [-0.15, -0.1) is 0 Å². The van der Waals surface area contributed by atoms with E-state index in [0.29, 0.717) is 44.6 Å². The molecule has 0 aliphatic carbocycles. The molecule has 0 saturated carbocycles. The fourth-order valence-electron chi connectivity index (χ4n) is 6.07. The molecule has 5 rings (SSSR count). The van der Waals surface area contributed by atoms with Crippen LogP contribution in [0.4, 0.5) is 15.9 Å². The van der Waals surface area contributed by atoms with E-state index in [-0.39, 0.29) is 6.04 Å². The summed E-state index contributed by atoms with van der Waals surface area (Å²) in [6.07, 6.45) is 1.55. The van der Waals surface area contributed by atoms with Crippen molar-refractivity contribution >= 4 is 22.3 Å². The fraction of sp³-hybridized carbons (Fsp3) is 0.548. The zero-order valence-electron chi connectivity index (χ0n) is 23.9. The number of benzene rings is 2. The largest absolute Gasteiger partial charge is 0.462 e. The van der Waals surface area contributed by atoms with E-state index in [2.05, 4.69) is 67.0 Å². The summed E-state index contributed by atoms with van der Waals surface area (Å²) in [5, 5.41) is 2.55. The number of hydrogen-bond donors (Lipinski definition) is 1. The molecule has 2 N–H and O–H groups in total. The predicted molar refractivity (Wildman–Crippen MR) is 158 cm³/mol. The van der Waals surface area contributed by atoms with E-state index in [9.17, 15) is 4.39 Å². The first-order chi connectivity index (χ1) is 18.9. The Morgan fingerprint density at radius 3 is 2.72 bits per heavy atom. The maximum Gasteiger partial charge on any atom is 0.318 e. The third kappa shape index (κ3) is 5.97. The van der Waals surface area contributed by atoms with Gasteiger partial charge in [0.25, 0.3) is 0 Å². The number of ether oxygens (including phenoxy) is 1. The van der Waals surface area contributed by atoms with Crippen LogP contribution in [0.1, 0.15) is 43.5 Å². The van der Waals surface area contributed by atoms with Gasteiger partial charge in [-0.2, -0.15) is 9.97 Å². The van der Waals surface area contributed by atoms with Crippen molar-refractivity contribution in [2.45, 2.75) is 58.8 Å². The average molecular weight is 535 g/mol. The van der Waals surface area contributed by atoms with Crippen LogP contribution in [0, 0.1) is 12.8 Å². The van der Waals surface area contributed by atoms with E-state index in [0.717, 1.165) is 44.0 Å². The summed E-state index contributed by atoms with van der Waals surface area (Å²) < 4.78 is 20.2. The Hall–Kier alpha value is -2.97. The number of nitrogens with two attached hydrogens (primary N) is 1. The van der Waals surface area contributed by atoms with Crippen LogP contribution >= 0.6 is 0 Å². The Balaban J connectivity index is 1.50. The van der Waals surface area contributed by atoms with Gasteiger partial charge in [0.05, 0.1) is 12.2 Å². The molecule has 2 aromatic carbocycles. The normalized spacial score (nSPS) is 20.3. The Bertz CT molecular complexity index is 1280. The maximum atomic E-state index is 14.0. The number of anilines is 2. The summed E-state index contributed by atoms with van der Waals surface area (Å²) in [6.45, 7) is 11.3. The number of aromatic nitrogens is 2. The number of rotatable bonds is 10. The Morgan fingerprint density at radius 1 is 1.21 bits per heavy atom. The van der Waals surface area contributed by atoms with Gasteiger partial charge >= 0.3 is 6.01 Å². The van der Waals surface area contributed by atoms with Gasteiger partial charge in [0, 0.05) is 48.9 Å². The number of aryl methyl sites for hydroxylation is 1. The molecule has 1 saturated heterocycles. The molecule has 7 nitrogen and oxygen atoms in total. The van der Waals surface area contributed by atoms with Crippen LogP contribution < -0.4 is 20.3 Å². The first-order valence-corrected chi connectivity index (χ1v) is 14.4. The number of likely N-dealkylation sites (tertiary alicyclic amines) is 1. The zero-order chi connectivity index (χ0) is 27.5. The van der Waals surface area contributed by atoms with Crippen LogP contribution in [0.2, 0.25) is 0 Å². The maximum absolute atomic E-state index is 14.0. The number of halogens is 1. The van der Waals surface area contributed by atoms with Gasteiger partial charge in [-0.25, -0.2) is 4.39 Å². The van der Waals surface area contributed by atoms with Gasteiger partial charge in [-0.05, 0) is 62.7 Å². The van der Waals surface area contributed by atoms with Crippen molar-refractivity contribution in [3.05, 3.63) is 53.2 Å². The number of alkyl halides is 1. The van der Waals surface area contributed by atoms with Crippen molar-refractivity contribution in [2.75, 3.05) is 56.2 Å². The molecule has 8 heteroatoms. The first kappa shape index (κ1) is 27.6. The van der Waals surface area contributed by atoms with Crippen LogP contribution in [0.3, 0.4) is 0 Å². The third-order valence-corrected chi connectivity index (χ3v) is 8.22. The standard InChI is InChI=1S/C31H43FN6O/c1-5-13-38(17-21(2)16-33)30-26-12-14-37(28-11-7-10-23-9-6-8-22(3)29(23)28)19-27(26)34-31(35-30)39-20-25-15-24(32)18-36(25)4/h6-11,21,24-25H,5,12-20,33H2,1-4H3/t21-,24?,25?/m0/s1.